The average molecular weight is 191 g/mol. The number of nitrogens with two attached hydrogens (primary N) is 1. The third kappa shape index (κ3) is 1.30. The summed E-state index contributed by atoms with van der Waals surface area (Å²) < 4.78 is 0. The first-order valence-electron chi connectivity index (χ1n) is 4.72. The van der Waals surface area contributed by atoms with Gasteiger partial charge in [-0.2, -0.15) is 0 Å². The molecular formula is C11H13NO2. The molecular weight excluding hydrogens is 178 g/mol. The fraction of sp³-hybridized carbons (Fsp3) is 0.364. The lowest BCUT2D eigenvalue weighted by molar-refractivity contribution is 0.0696. The molecule has 0 aromatic heterocycles. The maximum absolute atomic E-state index is 10.8. The smallest absolute Gasteiger partial charge is 0.335 e. The minimum atomic E-state index is -0.880. The first kappa shape index (κ1) is 9.21. The van der Waals surface area contributed by atoms with E-state index in [-0.39, 0.29) is 6.04 Å². The molecule has 0 spiro atoms. The Morgan fingerprint density at radius 2 is 2.29 bits per heavy atom. The SMILES string of the molecule is Cc1cc(C(=O)O)cc2c1CC[C@H]2N. The van der Waals surface area contributed by atoms with Crippen molar-refractivity contribution in [2.24, 2.45) is 5.73 Å². The van der Waals surface area contributed by atoms with E-state index in [1.807, 2.05) is 6.92 Å². The molecule has 1 aliphatic rings. The molecule has 74 valence electrons. The molecule has 0 bridgehead atoms. The van der Waals surface area contributed by atoms with Gasteiger partial charge >= 0.3 is 5.97 Å². The van der Waals surface area contributed by atoms with Gasteiger partial charge in [0.15, 0.2) is 0 Å². The van der Waals surface area contributed by atoms with Gasteiger partial charge in [0.1, 0.15) is 0 Å². The molecule has 0 unspecified atom stereocenters. The van der Waals surface area contributed by atoms with Crippen molar-refractivity contribution in [2.45, 2.75) is 25.8 Å². The topological polar surface area (TPSA) is 63.3 Å². The molecule has 1 atom stereocenters. The molecule has 0 saturated carbocycles. The quantitative estimate of drug-likeness (QED) is 0.709. The first-order chi connectivity index (χ1) is 6.59. The molecule has 3 N–H and O–H groups in total. The molecule has 14 heavy (non-hydrogen) atoms. The maximum atomic E-state index is 10.8. The number of aryl methyl sites for hydroxylation is 1. The highest BCUT2D eigenvalue weighted by molar-refractivity contribution is 5.88. The number of hydrogen-bond acceptors (Lipinski definition) is 2. The Labute approximate surface area is 82.5 Å². The van der Waals surface area contributed by atoms with Gasteiger partial charge in [-0.15, -0.1) is 0 Å². The normalized spacial score (nSPS) is 19.4. The van der Waals surface area contributed by atoms with Crippen LogP contribution in [0.1, 0.15) is 39.5 Å². The highest BCUT2D eigenvalue weighted by Crippen LogP contribution is 2.32. The van der Waals surface area contributed by atoms with Crippen molar-refractivity contribution in [3.8, 4) is 0 Å². The fourth-order valence-corrected chi connectivity index (χ4v) is 2.10. The van der Waals surface area contributed by atoms with Crippen LogP contribution in [0.5, 0.6) is 0 Å². The minimum absolute atomic E-state index is 0.0167. The van der Waals surface area contributed by atoms with E-state index in [1.165, 1.54) is 5.56 Å². The van der Waals surface area contributed by atoms with Crippen molar-refractivity contribution >= 4 is 5.97 Å². The van der Waals surface area contributed by atoms with E-state index in [0.29, 0.717) is 5.56 Å². The molecule has 0 heterocycles. The van der Waals surface area contributed by atoms with Gasteiger partial charge < -0.3 is 10.8 Å². The number of benzene rings is 1. The van der Waals surface area contributed by atoms with Gasteiger partial charge in [0, 0.05) is 6.04 Å². The van der Waals surface area contributed by atoms with Crippen molar-refractivity contribution < 1.29 is 9.90 Å². The van der Waals surface area contributed by atoms with Crippen molar-refractivity contribution in [1.29, 1.82) is 0 Å². The van der Waals surface area contributed by atoms with Crippen molar-refractivity contribution in [3.63, 3.8) is 0 Å². The number of aromatic carboxylic acids is 1. The lowest BCUT2D eigenvalue weighted by Crippen LogP contribution is -2.07. The second-order valence-electron chi connectivity index (χ2n) is 3.81. The zero-order valence-corrected chi connectivity index (χ0v) is 8.08. The summed E-state index contributed by atoms with van der Waals surface area (Å²) in [5.74, 6) is -0.880. The second-order valence-corrected chi connectivity index (χ2v) is 3.81. The van der Waals surface area contributed by atoms with Crippen molar-refractivity contribution in [1.82, 2.24) is 0 Å². The molecule has 0 fully saturated rings. The van der Waals surface area contributed by atoms with Crippen LogP contribution in [0.25, 0.3) is 0 Å². The van der Waals surface area contributed by atoms with E-state index in [2.05, 4.69) is 0 Å². The Balaban J connectivity index is 2.58. The summed E-state index contributed by atoms with van der Waals surface area (Å²) in [6.45, 7) is 1.95. The van der Waals surface area contributed by atoms with E-state index in [1.54, 1.807) is 12.1 Å². The Bertz CT molecular complexity index is 399. The highest BCUT2D eigenvalue weighted by atomic mass is 16.4. The molecule has 0 aliphatic heterocycles. The molecule has 0 amide bonds. The molecule has 3 heteroatoms. The van der Waals surface area contributed by atoms with Crippen LogP contribution in [0.15, 0.2) is 12.1 Å². The lowest BCUT2D eigenvalue weighted by atomic mass is 10.00. The summed E-state index contributed by atoms with van der Waals surface area (Å²) in [7, 11) is 0. The molecule has 0 radical (unpaired) electrons. The Kier molecular flexibility index (Phi) is 2.04. The number of rotatable bonds is 1. The van der Waals surface area contributed by atoms with Crippen LogP contribution in [-0.2, 0) is 6.42 Å². The van der Waals surface area contributed by atoms with E-state index in [0.717, 1.165) is 24.0 Å². The molecule has 3 nitrogen and oxygen atoms in total. The van der Waals surface area contributed by atoms with Crippen LogP contribution in [0.4, 0.5) is 0 Å². The lowest BCUT2D eigenvalue weighted by Gasteiger charge is -2.08. The van der Waals surface area contributed by atoms with E-state index < -0.39 is 5.97 Å². The summed E-state index contributed by atoms with van der Waals surface area (Å²) in [5, 5.41) is 8.89. The average Bonchev–Trinajstić information content (AvgIpc) is 2.48. The maximum Gasteiger partial charge on any atom is 0.335 e. The molecule has 0 saturated heterocycles. The van der Waals surface area contributed by atoms with Crippen molar-refractivity contribution in [3.05, 3.63) is 34.4 Å². The van der Waals surface area contributed by atoms with Gasteiger partial charge in [0.25, 0.3) is 0 Å². The summed E-state index contributed by atoms with van der Waals surface area (Å²) in [6.07, 6.45) is 1.90. The predicted molar refractivity (Wildman–Crippen MR) is 53.4 cm³/mol. The monoisotopic (exact) mass is 191 g/mol. The van der Waals surface area contributed by atoms with Gasteiger partial charge in [0.2, 0.25) is 0 Å². The number of hydrogen-bond donors (Lipinski definition) is 2. The van der Waals surface area contributed by atoms with E-state index in [9.17, 15) is 4.79 Å². The van der Waals surface area contributed by atoms with Gasteiger partial charge in [-0.05, 0) is 48.6 Å². The minimum Gasteiger partial charge on any atom is -0.478 e. The van der Waals surface area contributed by atoms with E-state index in [4.69, 9.17) is 10.8 Å². The van der Waals surface area contributed by atoms with Crippen LogP contribution < -0.4 is 5.73 Å². The zero-order valence-electron chi connectivity index (χ0n) is 8.08. The number of fused-ring (bicyclic) bond motifs is 1. The standard InChI is InChI=1S/C11H13NO2/c1-6-4-7(11(13)14)5-9-8(6)2-3-10(9)12/h4-5,10H,2-3,12H2,1H3,(H,13,14)/t10-/m1/s1. The van der Waals surface area contributed by atoms with Crippen LogP contribution in [0, 0.1) is 6.92 Å². The number of carboxylic acids is 1. The van der Waals surface area contributed by atoms with Crippen molar-refractivity contribution in [2.75, 3.05) is 0 Å². The Morgan fingerprint density at radius 1 is 1.57 bits per heavy atom. The van der Waals surface area contributed by atoms with E-state index >= 15 is 0 Å². The largest absolute Gasteiger partial charge is 0.478 e. The first-order valence-corrected chi connectivity index (χ1v) is 4.72. The molecule has 1 aliphatic carbocycles. The Morgan fingerprint density at radius 3 is 2.93 bits per heavy atom. The van der Waals surface area contributed by atoms with Gasteiger partial charge in [-0.3, -0.25) is 0 Å². The van der Waals surface area contributed by atoms with Crippen LogP contribution in [0.2, 0.25) is 0 Å². The molecule has 1 aromatic carbocycles. The zero-order chi connectivity index (χ0) is 10.3. The summed E-state index contributed by atoms with van der Waals surface area (Å²) in [5.41, 5.74) is 9.54. The van der Waals surface area contributed by atoms with Gasteiger partial charge in [0.05, 0.1) is 5.56 Å². The van der Waals surface area contributed by atoms with Gasteiger partial charge in [-0.25, -0.2) is 4.79 Å². The summed E-state index contributed by atoms with van der Waals surface area (Å²) in [4.78, 5) is 10.8. The van der Waals surface area contributed by atoms with Crippen LogP contribution >= 0.6 is 0 Å². The van der Waals surface area contributed by atoms with Crippen LogP contribution in [0.3, 0.4) is 0 Å². The third-order valence-electron chi connectivity index (χ3n) is 2.86. The molecule has 2 rings (SSSR count). The summed E-state index contributed by atoms with van der Waals surface area (Å²) in [6, 6.07) is 3.45. The fourth-order valence-electron chi connectivity index (χ4n) is 2.10. The summed E-state index contributed by atoms with van der Waals surface area (Å²) >= 11 is 0. The van der Waals surface area contributed by atoms with Crippen LogP contribution in [-0.4, -0.2) is 11.1 Å². The predicted octanol–water partition coefficient (Wildman–Crippen LogP) is 1.64. The third-order valence-corrected chi connectivity index (χ3v) is 2.86. The Hall–Kier alpha value is -1.35. The second kappa shape index (κ2) is 3.10. The van der Waals surface area contributed by atoms with Gasteiger partial charge in [-0.1, -0.05) is 0 Å². The highest BCUT2D eigenvalue weighted by Gasteiger charge is 2.22. The number of carboxylic acid groups (broad SMARTS) is 1. The molecule has 1 aromatic rings. The number of carbonyl (C=O) groups is 1.